The standard InChI is InChI=1S/2C14H19.2CH2O2.2ClH.2Ti/c2*1-10-11-6-2-4-8-13(11)14-9-5-3-7-12(10)14;2*2-1-3;;;;/h2*6,10H,2-5,7-9H2,1H3;2*1H,(H,2,3);2*1H;;/q2*-1;;;;;;/p-2. The van der Waals surface area contributed by atoms with Crippen LogP contribution in [-0.4, -0.2) is 23.2 Å². The summed E-state index contributed by atoms with van der Waals surface area (Å²) in [5, 5.41) is 13.8. The summed E-state index contributed by atoms with van der Waals surface area (Å²) in [5.41, 5.74) is 14.1. The molecule has 2 unspecified atom stereocenters. The third-order valence-electron chi connectivity index (χ3n) is 8.42. The van der Waals surface area contributed by atoms with Crippen LogP contribution in [0.2, 0.25) is 0 Å². The number of carboxylic acid groups (broad SMARTS) is 2. The van der Waals surface area contributed by atoms with Gasteiger partial charge in [-0.05, 0) is 50.4 Å². The predicted molar refractivity (Wildman–Crippen MR) is 137 cm³/mol. The van der Waals surface area contributed by atoms with Gasteiger partial charge >= 0.3 is 0 Å². The molecule has 2 N–H and O–H groups in total. The zero-order chi connectivity index (χ0) is 24.5. The molecule has 0 heterocycles. The van der Waals surface area contributed by atoms with Crippen LogP contribution in [0, 0.1) is 24.7 Å². The van der Waals surface area contributed by atoms with Crippen LogP contribution in [0.4, 0.5) is 0 Å². The van der Waals surface area contributed by atoms with E-state index in [4.69, 9.17) is 19.8 Å². The minimum Gasteiger partial charge on any atom is -1.00 e. The van der Waals surface area contributed by atoms with Crippen LogP contribution in [0.5, 0.6) is 0 Å². The molecule has 6 aliphatic rings. The molecule has 0 aromatic carbocycles. The summed E-state index contributed by atoms with van der Waals surface area (Å²) < 4.78 is 0. The van der Waals surface area contributed by atoms with Crippen molar-refractivity contribution < 1.29 is 88.1 Å². The van der Waals surface area contributed by atoms with Crippen molar-refractivity contribution in [1.82, 2.24) is 0 Å². The summed E-state index contributed by atoms with van der Waals surface area (Å²) in [6, 6.07) is 0. The Labute approximate surface area is 272 Å². The van der Waals surface area contributed by atoms with Crippen molar-refractivity contribution in [3.05, 3.63) is 57.4 Å². The first kappa shape index (κ1) is 39.8. The minimum absolute atomic E-state index is 0. The zero-order valence-corrected chi connectivity index (χ0v) is 27.5. The van der Waals surface area contributed by atoms with Crippen LogP contribution in [-0.2, 0) is 53.0 Å². The van der Waals surface area contributed by atoms with E-state index in [0.29, 0.717) is 0 Å². The summed E-state index contributed by atoms with van der Waals surface area (Å²) in [4.78, 5) is 16.7. The number of hydrogen-bond donors (Lipinski definition) is 2. The van der Waals surface area contributed by atoms with Gasteiger partial charge in [-0.2, -0.15) is 11.1 Å². The first-order valence-electron chi connectivity index (χ1n) is 13.3. The number of allylic oxidation sites excluding steroid dienone is 8. The third-order valence-corrected chi connectivity index (χ3v) is 8.42. The molecule has 4 nitrogen and oxygen atoms in total. The maximum atomic E-state index is 8.36. The van der Waals surface area contributed by atoms with E-state index in [9.17, 15) is 0 Å². The summed E-state index contributed by atoms with van der Waals surface area (Å²) in [5.74, 6) is 1.56. The first-order chi connectivity index (χ1) is 16.6. The molecule has 0 radical (unpaired) electrons. The van der Waals surface area contributed by atoms with Gasteiger partial charge in [-0.1, -0.05) is 63.5 Å². The second-order valence-corrected chi connectivity index (χ2v) is 10.1. The topological polar surface area (TPSA) is 74.6 Å². The quantitative estimate of drug-likeness (QED) is 0.243. The molecule has 0 saturated carbocycles. The van der Waals surface area contributed by atoms with E-state index in [1.54, 1.807) is 44.6 Å². The van der Waals surface area contributed by atoms with Gasteiger partial charge in [-0.25, -0.2) is 24.0 Å². The molecule has 38 heavy (non-hydrogen) atoms. The molecule has 6 aliphatic carbocycles. The van der Waals surface area contributed by atoms with Gasteiger partial charge in [-0.3, -0.25) is 9.59 Å². The monoisotopic (exact) mass is 632 g/mol. The van der Waals surface area contributed by atoms with Crippen molar-refractivity contribution in [1.29, 1.82) is 0 Å². The number of halogens is 2. The summed E-state index contributed by atoms with van der Waals surface area (Å²) in [6.07, 6.45) is 24.5. The normalized spacial score (nSPS) is 23.7. The van der Waals surface area contributed by atoms with Crippen molar-refractivity contribution in [2.24, 2.45) is 11.8 Å². The van der Waals surface area contributed by atoms with Gasteiger partial charge in [0.25, 0.3) is 12.9 Å². The SMILES string of the molecule is CC1C2=C(CCC[CH-]2)C2=C1CCCC2.CC1C2=C(CCC[CH-]2)C2=C1CCCC2.O=CO.O=CO.[Cl-].[Cl-].[Ti].[Ti]. The van der Waals surface area contributed by atoms with E-state index in [1.165, 1.54) is 89.9 Å². The molecule has 0 aliphatic heterocycles. The van der Waals surface area contributed by atoms with Crippen molar-refractivity contribution in [2.45, 2.75) is 104 Å². The molecule has 0 fully saturated rings. The van der Waals surface area contributed by atoms with Crippen LogP contribution in [0.3, 0.4) is 0 Å². The van der Waals surface area contributed by atoms with E-state index in [2.05, 4.69) is 26.7 Å². The Hall–Kier alpha value is -0.351. The number of carbonyl (C=O) groups is 2. The Bertz CT molecular complexity index is 757. The molecule has 0 bridgehead atoms. The maximum absolute atomic E-state index is 8.36. The fourth-order valence-corrected chi connectivity index (χ4v) is 7.01. The van der Waals surface area contributed by atoms with Gasteiger partial charge in [-0.15, -0.1) is 24.0 Å². The molecular formula is C30H42Cl2O4Ti2-4. The van der Waals surface area contributed by atoms with Crippen molar-refractivity contribution in [2.75, 3.05) is 0 Å². The molecule has 212 valence electrons. The van der Waals surface area contributed by atoms with Gasteiger partial charge < -0.3 is 35.0 Å². The number of rotatable bonds is 0. The smallest absolute Gasteiger partial charge is 0.290 e. The van der Waals surface area contributed by atoms with Gasteiger partial charge in [0.05, 0.1) is 0 Å². The summed E-state index contributed by atoms with van der Waals surface area (Å²) in [7, 11) is 0. The van der Waals surface area contributed by atoms with Crippen LogP contribution >= 0.6 is 0 Å². The van der Waals surface area contributed by atoms with Crippen LogP contribution < -0.4 is 24.8 Å². The van der Waals surface area contributed by atoms with Crippen molar-refractivity contribution in [3.63, 3.8) is 0 Å². The molecule has 0 amide bonds. The molecule has 0 aromatic rings. The van der Waals surface area contributed by atoms with Gasteiger partial charge in [0.1, 0.15) is 0 Å². The second kappa shape index (κ2) is 20.5. The Morgan fingerprint density at radius 3 is 1.21 bits per heavy atom. The second-order valence-electron chi connectivity index (χ2n) is 10.1. The van der Waals surface area contributed by atoms with Crippen LogP contribution in [0.15, 0.2) is 44.6 Å². The van der Waals surface area contributed by atoms with E-state index in [1.807, 2.05) is 0 Å². The van der Waals surface area contributed by atoms with Gasteiger partial charge in [0.2, 0.25) is 0 Å². The molecule has 6 rings (SSSR count). The van der Waals surface area contributed by atoms with E-state index in [0.717, 1.165) is 11.8 Å². The Kier molecular flexibility index (Phi) is 21.5. The summed E-state index contributed by atoms with van der Waals surface area (Å²) >= 11 is 0. The molecule has 8 heteroatoms. The molecule has 0 saturated heterocycles. The fourth-order valence-electron chi connectivity index (χ4n) is 7.01. The van der Waals surface area contributed by atoms with E-state index in [-0.39, 0.29) is 81.2 Å². The molecule has 2 atom stereocenters. The predicted octanol–water partition coefficient (Wildman–Crippen LogP) is 1.79. The molecule has 0 aromatic heterocycles. The Morgan fingerprint density at radius 1 is 0.579 bits per heavy atom. The van der Waals surface area contributed by atoms with E-state index < -0.39 is 0 Å². The van der Waals surface area contributed by atoms with Crippen LogP contribution in [0.1, 0.15) is 104 Å². The maximum Gasteiger partial charge on any atom is 0.290 e. The Morgan fingerprint density at radius 2 is 0.868 bits per heavy atom. The number of fused-ring (bicyclic) bond motifs is 2. The van der Waals surface area contributed by atoms with Gasteiger partial charge in [0.15, 0.2) is 0 Å². The number of hydrogen-bond acceptors (Lipinski definition) is 2. The summed E-state index contributed by atoms with van der Waals surface area (Å²) in [6.45, 7) is 4.34. The largest absolute Gasteiger partial charge is 1.00 e. The van der Waals surface area contributed by atoms with E-state index >= 15 is 0 Å². The fraction of sp³-hybridized carbons (Fsp3) is 0.600. The van der Waals surface area contributed by atoms with Crippen molar-refractivity contribution in [3.8, 4) is 0 Å². The van der Waals surface area contributed by atoms with Crippen LogP contribution in [0.25, 0.3) is 0 Å². The third kappa shape index (κ3) is 9.35. The zero-order valence-electron chi connectivity index (χ0n) is 22.8. The van der Waals surface area contributed by atoms with Crippen molar-refractivity contribution >= 4 is 12.9 Å². The average Bonchev–Trinajstić information content (AvgIpc) is 3.33. The van der Waals surface area contributed by atoms with Gasteiger partial charge in [0, 0.05) is 43.4 Å². The Balaban J connectivity index is 0. The average molecular weight is 633 g/mol. The minimum atomic E-state index is -0.250. The molecular weight excluding hydrogens is 591 g/mol. The first-order valence-corrected chi connectivity index (χ1v) is 13.3. The molecule has 0 spiro atoms.